The highest BCUT2D eigenvalue weighted by atomic mass is 16.3. The Balaban J connectivity index is 1.96. The molecule has 0 spiro atoms. The van der Waals surface area contributed by atoms with Crippen LogP contribution in [0.4, 0.5) is 5.69 Å². The molecule has 1 atom stereocenters. The molecule has 1 aromatic rings. The number of likely N-dealkylation sites (N-methyl/N-ethyl adjacent to an activating group) is 1. The van der Waals surface area contributed by atoms with Crippen molar-refractivity contribution in [1.29, 1.82) is 0 Å². The number of amides is 1. The van der Waals surface area contributed by atoms with Crippen molar-refractivity contribution in [3.05, 3.63) is 29.8 Å². The van der Waals surface area contributed by atoms with E-state index in [1.807, 2.05) is 12.1 Å². The summed E-state index contributed by atoms with van der Waals surface area (Å²) in [7, 11) is 0. The molecule has 4 nitrogen and oxygen atoms in total. The number of hydrogen-bond acceptors (Lipinski definition) is 3. The molecule has 1 saturated heterocycles. The lowest BCUT2D eigenvalue weighted by Crippen LogP contribution is -2.41. The van der Waals surface area contributed by atoms with E-state index in [1.54, 1.807) is 4.90 Å². The molecule has 20 heavy (non-hydrogen) atoms. The SMILES string of the molecule is CCN(CC(O)CN1CCCC1=O)c1ccccc1C. The predicted octanol–water partition coefficient (Wildman–Crippen LogP) is 1.80. The van der Waals surface area contributed by atoms with Crippen LogP contribution in [0.25, 0.3) is 0 Å². The summed E-state index contributed by atoms with van der Waals surface area (Å²) < 4.78 is 0. The summed E-state index contributed by atoms with van der Waals surface area (Å²) in [6, 6.07) is 8.19. The molecule has 0 radical (unpaired) electrons. The Kier molecular flexibility index (Phi) is 5.01. The van der Waals surface area contributed by atoms with Crippen LogP contribution in [0, 0.1) is 6.92 Å². The number of aliphatic hydroxyl groups excluding tert-OH is 1. The van der Waals surface area contributed by atoms with E-state index in [4.69, 9.17) is 0 Å². The van der Waals surface area contributed by atoms with E-state index >= 15 is 0 Å². The van der Waals surface area contributed by atoms with Crippen LogP contribution in [0.3, 0.4) is 0 Å². The fourth-order valence-corrected chi connectivity index (χ4v) is 2.78. The van der Waals surface area contributed by atoms with Crippen LogP contribution < -0.4 is 4.90 Å². The van der Waals surface area contributed by atoms with Crippen LogP contribution in [0.1, 0.15) is 25.3 Å². The fraction of sp³-hybridized carbons (Fsp3) is 0.562. The van der Waals surface area contributed by atoms with Gasteiger partial charge in [0.2, 0.25) is 5.91 Å². The van der Waals surface area contributed by atoms with Gasteiger partial charge in [-0.2, -0.15) is 0 Å². The number of nitrogens with zero attached hydrogens (tertiary/aromatic N) is 2. The monoisotopic (exact) mass is 276 g/mol. The van der Waals surface area contributed by atoms with Crippen molar-refractivity contribution in [2.24, 2.45) is 0 Å². The van der Waals surface area contributed by atoms with Gasteiger partial charge in [0.15, 0.2) is 0 Å². The molecule has 1 amide bonds. The third kappa shape index (κ3) is 3.51. The van der Waals surface area contributed by atoms with Gasteiger partial charge >= 0.3 is 0 Å². The number of anilines is 1. The van der Waals surface area contributed by atoms with Crippen LogP contribution >= 0.6 is 0 Å². The third-order valence-corrected chi connectivity index (χ3v) is 3.87. The standard InChI is InChI=1S/C16H24N2O2/c1-3-17(15-8-5-4-7-13(15)2)11-14(19)12-18-10-6-9-16(18)20/h4-5,7-8,14,19H,3,6,9-12H2,1-2H3. The molecular formula is C16H24N2O2. The summed E-state index contributed by atoms with van der Waals surface area (Å²) >= 11 is 0. The summed E-state index contributed by atoms with van der Waals surface area (Å²) in [6.07, 6.45) is 1.04. The topological polar surface area (TPSA) is 43.8 Å². The minimum absolute atomic E-state index is 0.169. The lowest BCUT2D eigenvalue weighted by Gasteiger charge is -2.29. The van der Waals surface area contributed by atoms with Crippen LogP contribution in [-0.4, -0.2) is 48.2 Å². The van der Waals surface area contributed by atoms with Crippen molar-refractivity contribution in [1.82, 2.24) is 4.90 Å². The van der Waals surface area contributed by atoms with Gasteiger partial charge in [-0.1, -0.05) is 18.2 Å². The molecule has 1 heterocycles. The van der Waals surface area contributed by atoms with Gasteiger partial charge < -0.3 is 14.9 Å². The van der Waals surface area contributed by atoms with Gasteiger partial charge in [-0.3, -0.25) is 4.79 Å². The Labute approximate surface area is 121 Å². The average molecular weight is 276 g/mol. The Morgan fingerprint density at radius 1 is 1.40 bits per heavy atom. The number of benzene rings is 1. The number of carbonyl (C=O) groups is 1. The summed E-state index contributed by atoms with van der Waals surface area (Å²) in [5.74, 6) is 0.169. The zero-order chi connectivity index (χ0) is 14.5. The number of carbonyl (C=O) groups excluding carboxylic acids is 1. The second-order valence-electron chi connectivity index (χ2n) is 5.42. The molecular weight excluding hydrogens is 252 g/mol. The van der Waals surface area contributed by atoms with E-state index in [1.165, 1.54) is 5.56 Å². The van der Waals surface area contributed by atoms with E-state index in [-0.39, 0.29) is 5.91 Å². The van der Waals surface area contributed by atoms with Gasteiger partial charge in [0.25, 0.3) is 0 Å². The molecule has 0 bridgehead atoms. The zero-order valence-electron chi connectivity index (χ0n) is 12.4. The second-order valence-corrected chi connectivity index (χ2v) is 5.42. The van der Waals surface area contributed by atoms with E-state index in [2.05, 4.69) is 30.9 Å². The number of β-amino-alcohol motifs (C(OH)–C–C–N with tert-alkyl or cyclic N) is 1. The van der Waals surface area contributed by atoms with E-state index in [9.17, 15) is 9.90 Å². The molecule has 0 saturated carbocycles. The number of hydrogen-bond donors (Lipinski definition) is 1. The molecule has 1 aliphatic heterocycles. The Morgan fingerprint density at radius 3 is 2.75 bits per heavy atom. The summed E-state index contributed by atoms with van der Waals surface area (Å²) in [5, 5.41) is 10.2. The highest BCUT2D eigenvalue weighted by Gasteiger charge is 2.23. The first-order chi connectivity index (χ1) is 9.61. The summed E-state index contributed by atoms with van der Waals surface area (Å²) in [4.78, 5) is 15.5. The van der Waals surface area contributed by atoms with Crippen LogP contribution in [-0.2, 0) is 4.79 Å². The van der Waals surface area contributed by atoms with Crippen molar-refractivity contribution < 1.29 is 9.90 Å². The van der Waals surface area contributed by atoms with E-state index in [0.29, 0.717) is 19.5 Å². The summed E-state index contributed by atoms with van der Waals surface area (Å²) in [6.45, 7) is 6.79. The number of aryl methyl sites for hydroxylation is 1. The molecule has 1 N–H and O–H groups in total. The van der Waals surface area contributed by atoms with E-state index < -0.39 is 6.10 Å². The fourth-order valence-electron chi connectivity index (χ4n) is 2.78. The molecule has 110 valence electrons. The average Bonchev–Trinajstić information content (AvgIpc) is 2.82. The third-order valence-electron chi connectivity index (χ3n) is 3.87. The molecule has 2 rings (SSSR count). The Hall–Kier alpha value is -1.55. The van der Waals surface area contributed by atoms with Crippen LogP contribution in [0.15, 0.2) is 24.3 Å². The predicted molar refractivity (Wildman–Crippen MR) is 80.9 cm³/mol. The Morgan fingerprint density at radius 2 is 2.15 bits per heavy atom. The lowest BCUT2D eigenvalue weighted by molar-refractivity contribution is -0.128. The van der Waals surface area contributed by atoms with Crippen molar-refractivity contribution in [2.75, 3.05) is 31.1 Å². The molecule has 0 aromatic heterocycles. The lowest BCUT2D eigenvalue weighted by atomic mass is 10.1. The molecule has 1 unspecified atom stereocenters. The summed E-state index contributed by atoms with van der Waals surface area (Å²) in [5.41, 5.74) is 2.36. The van der Waals surface area contributed by atoms with Crippen molar-refractivity contribution >= 4 is 11.6 Å². The molecule has 1 aliphatic rings. The zero-order valence-corrected chi connectivity index (χ0v) is 12.4. The van der Waals surface area contributed by atoms with Gasteiger partial charge in [-0.05, 0) is 31.9 Å². The van der Waals surface area contributed by atoms with Gasteiger partial charge in [-0.25, -0.2) is 0 Å². The van der Waals surface area contributed by atoms with Crippen molar-refractivity contribution in [3.63, 3.8) is 0 Å². The number of para-hydroxylation sites is 1. The van der Waals surface area contributed by atoms with Crippen molar-refractivity contribution in [2.45, 2.75) is 32.8 Å². The van der Waals surface area contributed by atoms with Gasteiger partial charge in [0.1, 0.15) is 0 Å². The number of likely N-dealkylation sites (tertiary alicyclic amines) is 1. The normalized spacial score (nSPS) is 16.6. The number of aliphatic hydroxyl groups is 1. The first-order valence-electron chi connectivity index (χ1n) is 7.38. The largest absolute Gasteiger partial charge is 0.389 e. The molecule has 1 aromatic carbocycles. The van der Waals surface area contributed by atoms with Crippen LogP contribution in [0.2, 0.25) is 0 Å². The Bertz CT molecular complexity index is 462. The maximum absolute atomic E-state index is 11.6. The first kappa shape index (κ1) is 14.9. The molecule has 0 aliphatic carbocycles. The van der Waals surface area contributed by atoms with Gasteiger partial charge in [0, 0.05) is 38.3 Å². The molecule has 1 fully saturated rings. The van der Waals surface area contributed by atoms with Crippen molar-refractivity contribution in [3.8, 4) is 0 Å². The van der Waals surface area contributed by atoms with Gasteiger partial charge in [-0.15, -0.1) is 0 Å². The van der Waals surface area contributed by atoms with Gasteiger partial charge in [0.05, 0.1) is 6.10 Å². The molecule has 4 heteroatoms. The second kappa shape index (κ2) is 6.75. The minimum Gasteiger partial charge on any atom is -0.389 e. The van der Waals surface area contributed by atoms with Crippen LogP contribution in [0.5, 0.6) is 0 Å². The smallest absolute Gasteiger partial charge is 0.222 e. The highest BCUT2D eigenvalue weighted by Crippen LogP contribution is 2.19. The quantitative estimate of drug-likeness (QED) is 0.861. The maximum Gasteiger partial charge on any atom is 0.222 e. The minimum atomic E-state index is -0.503. The highest BCUT2D eigenvalue weighted by molar-refractivity contribution is 5.78. The first-order valence-corrected chi connectivity index (χ1v) is 7.38. The van der Waals surface area contributed by atoms with E-state index in [0.717, 1.165) is 25.2 Å². The number of rotatable bonds is 6. The maximum atomic E-state index is 11.6.